The van der Waals surface area contributed by atoms with Gasteiger partial charge in [-0.3, -0.25) is 4.79 Å². The van der Waals surface area contributed by atoms with Crippen LogP contribution in [0.15, 0.2) is 12.2 Å². The molecule has 80 valence electrons. The Kier molecular flexibility index (Phi) is 3.03. The van der Waals surface area contributed by atoms with Crippen molar-refractivity contribution < 1.29 is 9.53 Å². The summed E-state index contributed by atoms with van der Waals surface area (Å²) in [6, 6.07) is 0. The lowest BCUT2D eigenvalue weighted by atomic mass is 9.85. The zero-order valence-corrected chi connectivity index (χ0v) is 9.59. The van der Waals surface area contributed by atoms with Gasteiger partial charge in [0.1, 0.15) is 5.60 Å². The van der Waals surface area contributed by atoms with Crippen molar-refractivity contribution in [2.24, 2.45) is 11.8 Å². The van der Waals surface area contributed by atoms with Crippen molar-refractivity contribution in [1.29, 1.82) is 0 Å². The van der Waals surface area contributed by atoms with Gasteiger partial charge in [-0.1, -0.05) is 19.1 Å². The van der Waals surface area contributed by atoms with Crippen molar-refractivity contribution in [3.8, 4) is 0 Å². The van der Waals surface area contributed by atoms with Gasteiger partial charge in [0.05, 0.1) is 0 Å². The predicted octanol–water partition coefficient (Wildman–Crippen LogP) is 2.93. The van der Waals surface area contributed by atoms with E-state index in [0.29, 0.717) is 11.8 Å². The van der Waals surface area contributed by atoms with E-state index < -0.39 is 0 Å². The minimum atomic E-state index is -0.282. The van der Waals surface area contributed by atoms with Crippen molar-refractivity contribution in [2.45, 2.75) is 46.1 Å². The molecule has 0 aromatic rings. The second-order valence-corrected chi connectivity index (χ2v) is 4.69. The van der Waals surface area contributed by atoms with E-state index in [4.69, 9.17) is 4.74 Å². The average molecular weight is 196 g/mol. The first-order valence-corrected chi connectivity index (χ1v) is 5.22. The molecule has 0 amide bonds. The van der Waals surface area contributed by atoms with Crippen LogP contribution in [0, 0.1) is 11.8 Å². The van der Waals surface area contributed by atoms with Crippen molar-refractivity contribution in [2.75, 3.05) is 0 Å². The first kappa shape index (κ1) is 11.3. The predicted molar refractivity (Wildman–Crippen MR) is 56.9 cm³/mol. The van der Waals surface area contributed by atoms with Crippen molar-refractivity contribution >= 4 is 5.97 Å². The Morgan fingerprint density at radius 1 is 1.50 bits per heavy atom. The van der Waals surface area contributed by atoms with Gasteiger partial charge in [-0.05, 0) is 32.6 Å². The molecule has 0 N–H and O–H groups in total. The second-order valence-electron chi connectivity index (χ2n) is 4.69. The number of carbonyl (C=O) groups excluding carboxylic acids is 1. The van der Waals surface area contributed by atoms with Crippen LogP contribution < -0.4 is 0 Å². The molecular weight excluding hydrogens is 176 g/mol. The summed E-state index contributed by atoms with van der Waals surface area (Å²) in [6.45, 7) is 11.7. The quantitative estimate of drug-likeness (QED) is 0.501. The van der Waals surface area contributed by atoms with Crippen molar-refractivity contribution in [3.63, 3.8) is 0 Å². The van der Waals surface area contributed by atoms with Gasteiger partial charge in [0.25, 0.3) is 0 Å². The average Bonchev–Trinajstić information content (AvgIpc) is 2.27. The lowest BCUT2D eigenvalue weighted by Gasteiger charge is -2.31. The van der Waals surface area contributed by atoms with E-state index in [9.17, 15) is 4.79 Å². The third-order valence-corrected chi connectivity index (χ3v) is 3.53. The SMILES string of the molecule is C=C(C)[C@@H]1CC[C@](C)(OC(C)=O)[C@@H]1C. The highest BCUT2D eigenvalue weighted by Crippen LogP contribution is 2.45. The molecule has 1 rings (SSSR count). The van der Waals surface area contributed by atoms with E-state index in [1.807, 2.05) is 6.92 Å². The first-order chi connectivity index (χ1) is 6.37. The third kappa shape index (κ3) is 1.99. The first-order valence-electron chi connectivity index (χ1n) is 5.22. The molecule has 14 heavy (non-hydrogen) atoms. The lowest BCUT2D eigenvalue weighted by molar-refractivity contribution is -0.158. The monoisotopic (exact) mass is 196 g/mol. The van der Waals surface area contributed by atoms with Crippen molar-refractivity contribution in [1.82, 2.24) is 0 Å². The number of esters is 1. The summed E-state index contributed by atoms with van der Waals surface area (Å²) in [7, 11) is 0. The van der Waals surface area contributed by atoms with E-state index in [1.165, 1.54) is 12.5 Å². The normalized spacial score (nSPS) is 36.9. The largest absolute Gasteiger partial charge is 0.459 e. The molecule has 0 bridgehead atoms. The summed E-state index contributed by atoms with van der Waals surface area (Å²) in [5, 5.41) is 0. The molecule has 2 heteroatoms. The van der Waals surface area contributed by atoms with Gasteiger partial charge in [-0.25, -0.2) is 0 Å². The number of carbonyl (C=O) groups is 1. The molecule has 1 aliphatic carbocycles. The number of allylic oxidation sites excluding steroid dienone is 1. The Morgan fingerprint density at radius 3 is 2.43 bits per heavy atom. The Hall–Kier alpha value is -0.790. The van der Waals surface area contributed by atoms with E-state index in [2.05, 4.69) is 20.4 Å². The fourth-order valence-corrected chi connectivity index (χ4v) is 2.49. The summed E-state index contributed by atoms with van der Waals surface area (Å²) < 4.78 is 5.41. The summed E-state index contributed by atoms with van der Waals surface area (Å²) in [5.41, 5.74) is 0.920. The number of ether oxygens (including phenoxy) is 1. The maximum absolute atomic E-state index is 11.0. The van der Waals surface area contributed by atoms with Crippen molar-refractivity contribution in [3.05, 3.63) is 12.2 Å². The molecule has 1 saturated carbocycles. The zero-order chi connectivity index (χ0) is 10.9. The highest BCUT2D eigenvalue weighted by atomic mass is 16.6. The lowest BCUT2D eigenvalue weighted by Crippen LogP contribution is -2.35. The Balaban J connectivity index is 2.75. The molecule has 0 aliphatic heterocycles. The van der Waals surface area contributed by atoms with Crippen LogP contribution in [0.2, 0.25) is 0 Å². The summed E-state index contributed by atoms with van der Waals surface area (Å²) in [4.78, 5) is 11.0. The number of rotatable bonds is 2. The highest BCUT2D eigenvalue weighted by molar-refractivity contribution is 5.66. The summed E-state index contributed by atoms with van der Waals surface area (Å²) in [5.74, 6) is 0.699. The van der Waals surface area contributed by atoms with Crippen LogP contribution in [0.4, 0.5) is 0 Å². The molecule has 3 atom stereocenters. The highest BCUT2D eigenvalue weighted by Gasteiger charge is 2.44. The van der Waals surface area contributed by atoms with E-state index in [1.54, 1.807) is 0 Å². The molecule has 0 aromatic carbocycles. The second kappa shape index (κ2) is 3.76. The van der Waals surface area contributed by atoms with Gasteiger partial charge < -0.3 is 4.74 Å². The molecule has 0 aromatic heterocycles. The van der Waals surface area contributed by atoms with Crippen LogP contribution in [-0.2, 0) is 9.53 Å². The van der Waals surface area contributed by atoms with Crippen LogP contribution in [0.5, 0.6) is 0 Å². The molecule has 0 spiro atoms. The van der Waals surface area contributed by atoms with E-state index in [0.717, 1.165) is 12.8 Å². The smallest absolute Gasteiger partial charge is 0.303 e. The molecule has 0 unspecified atom stereocenters. The Bertz CT molecular complexity index is 257. The standard InChI is InChI=1S/C12H20O2/c1-8(2)11-6-7-12(5,9(11)3)14-10(4)13/h9,11H,1,6-7H2,2-5H3/t9-,11+,12+/m1/s1. The minimum absolute atomic E-state index is 0.179. The summed E-state index contributed by atoms with van der Waals surface area (Å²) >= 11 is 0. The molecular formula is C12H20O2. The number of hydrogen-bond donors (Lipinski definition) is 0. The summed E-state index contributed by atoms with van der Waals surface area (Å²) in [6.07, 6.45) is 2.03. The minimum Gasteiger partial charge on any atom is -0.459 e. The Morgan fingerprint density at radius 2 is 2.07 bits per heavy atom. The fraction of sp³-hybridized carbons (Fsp3) is 0.750. The molecule has 1 aliphatic rings. The van der Waals surface area contributed by atoms with Gasteiger partial charge >= 0.3 is 5.97 Å². The van der Waals surface area contributed by atoms with Gasteiger partial charge in [0.2, 0.25) is 0 Å². The third-order valence-electron chi connectivity index (χ3n) is 3.53. The van der Waals surface area contributed by atoms with Crippen LogP contribution >= 0.6 is 0 Å². The van der Waals surface area contributed by atoms with Crippen LogP contribution in [0.3, 0.4) is 0 Å². The molecule has 2 nitrogen and oxygen atoms in total. The van der Waals surface area contributed by atoms with E-state index in [-0.39, 0.29) is 11.6 Å². The van der Waals surface area contributed by atoms with Gasteiger partial charge in [0.15, 0.2) is 0 Å². The van der Waals surface area contributed by atoms with Gasteiger partial charge in [-0.15, -0.1) is 0 Å². The molecule has 0 radical (unpaired) electrons. The fourth-order valence-electron chi connectivity index (χ4n) is 2.49. The zero-order valence-electron chi connectivity index (χ0n) is 9.59. The van der Waals surface area contributed by atoms with Crippen LogP contribution in [0.25, 0.3) is 0 Å². The van der Waals surface area contributed by atoms with Crippen LogP contribution in [0.1, 0.15) is 40.5 Å². The maximum Gasteiger partial charge on any atom is 0.303 e. The molecule has 1 fully saturated rings. The van der Waals surface area contributed by atoms with Crippen LogP contribution in [-0.4, -0.2) is 11.6 Å². The van der Waals surface area contributed by atoms with Gasteiger partial charge in [0, 0.05) is 12.8 Å². The number of hydrogen-bond acceptors (Lipinski definition) is 2. The topological polar surface area (TPSA) is 26.3 Å². The maximum atomic E-state index is 11.0. The molecule has 0 saturated heterocycles. The van der Waals surface area contributed by atoms with E-state index >= 15 is 0 Å². The molecule has 0 heterocycles. The Labute approximate surface area is 86.3 Å². The van der Waals surface area contributed by atoms with Gasteiger partial charge in [-0.2, -0.15) is 0 Å².